The van der Waals surface area contributed by atoms with Gasteiger partial charge in [-0.2, -0.15) is 11.8 Å². The second kappa shape index (κ2) is 5.07. The number of nitrogens with two attached hydrogens (primary N) is 1. The van der Waals surface area contributed by atoms with Crippen LogP contribution in [0.25, 0.3) is 0 Å². The van der Waals surface area contributed by atoms with Gasteiger partial charge in [0.15, 0.2) is 0 Å². The summed E-state index contributed by atoms with van der Waals surface area (Å²) in [6.07, 6.45) is 3.29. The van der Waals surface area contributed by atoms with E-state index in [1.54, 1.807) is 0 Å². The van der Waals surface area contributed by atoms with Gasteiger partial charge in [-0.05, 0) is 31.6 Å². The van der Waals surface area contributed by atoms with Crippen LogP contribution in [0.2, 0.25) is 0 Å². The molecule has 1 rings (SSSR count). The van der Waals surface area contributed by atoms with Crippen LogP contribution < -0.4 is 5.73 Å². The maximum Gasteiger partial charge on any atom is 0.0628 e. The molecular formula is C12H25NOS. The van der Waals surface area contributed by atoms with Gasteiger partial charge in [-0.3, -0.25) is 0 Å². The molecule has 0 aromatic heterocycles. The molecule has 1 aliphatic carbocycles. The molecule has 0 aromatic carbocycles. The zero-order chi connectivity index (χ0) is 11.6. The molecule has 2 nitrogen and oxygen atoms in total. The van der Waals surface area contributed by atoms with E-state index in [0.29, 0.717) is 16.7 Å². The Morgan fingerprint density at radius 1 is 1.40 bits per heavy atom. The second-order valence-electron chi connectivity index (χ2n) is 5.69. The monoisotopic (exact) mass is 231 g/mol. The zero-order valence-corrected chi connectivity index (χ0v) is 11.2. The highest BCUT2D eigenvalue weighted by Crippen LogP contribution is 2.41. The molecule has 3 heteroatoms. The van der Waals surface area contributed by atoms with E-state index in [2.05, 4.69) is 20.8 Å². The first kappa shape index (κ1) is 13.3. The normalized spacial score (nSPS) is 34.8. The van der Waals surface area contributed by atoms with E-state index >= 15 is 0 Å². The van der Waals surface area contributed by atoms with Crippen molar-refractivity contribution >= 4 is 11.8 Å². The summed E-state index contributed by atoms with van der Waals surface area (Å²) in [5.41, 5.74) is 6.57. The number of rotatable bonds is 3. The third-order valence-electron chi connectivity index (χ3n) is 3.45. The lowest BCUT2D eigenvalue weighted by molar-refractivity contribution is 0.194. The van der Waals surface area contributed by atoms with Crippen molar-refractivity contribution in [2.75, 3.05) is 0 Å². The van der Waals surface area contributed by atoms with Gasteiger partial charge in [-0.25, -0.2) is 0 Å². The molecule has 1 fully saturated rings. The number of aliphatic hydroxyl groups excluding tert-OH is 1. The minimum absolute atomic E-state index is 0.243. The van der Waals surface area contributed by atoms with Crippen LogP contribution in [0.4, 0.5) is 0 Å². The van der Waals surface area contributed by atoms with E-state index in [-0.39, 0.29) is 11.4 Å². The van der Waals surface area contributed by atoms with Crippen LogP contribution in [0.1, 0.15) is 47.0 Å². The van der Waals surface area contributed by atoms with Crippen LogP contribution >= 0.6 is 11.8 Å². The minimum atomic E-state index is -0.243. The van der Waals surface area contributed by atoms with Gasteiger partial charge in [0.2, 0.25) is 0 Å². The molecule has 1 saturated carbocycles. The Kier molecular flexibility index (Phi) is 4.50. The molecule has 15 heavy (non-hydrogen) atoms. The van der Waals surface area contributed by atoms with E-state index in [9.17, 15) is 5.11 Å². The number of hydrogen-bond acceptors (Lipinski definition) is 3. The first-order valence-electron chi connectivity index (χ1n) is 5.91. The van der Waals surface area contributed by atoms with Crippen LogP contribution in [-0.2, 0) is 0 Å². The predicted octanol–water partition coefficient (Wildman–Crippen LogP) is 2.39. The standard InChI is InChI=1S/C12H25NOS/c1-8(14)9(2)15-11-7-12(3,4)6-5-10(11)13/h8-11,14H,5-7,13H2,1-4H3. The van der Waals surface area contributed by atoms with Crippen LogP contribution in [0.3, 0.4) is 0 Å². The average Bonchev–Trinajstić information content (AvgIpc) is 2.11. The molecule has 0 aliphatic heterocycles. The van der Waals surface area contributed by atoms with Gasteiger partial charge in [-0.1, -0.05) is 20.8 Å². The lowest BCUT2D eigenvalue weighted by Gasteiger charge is -2.40. The Morgan fingerprint density at radius 2 is 2.00 bits per heavy atom. The third-order valence-corrected chi connectivity index (χ3v) is 5.14. The van der Waals surface area contributed by atoms with Crippen molar-refractivity contribution in [1.29, 1.82) is 0 Å². The van der Waals surface area contributed by atoms with Crippen molar-refractivity contribution in [2.24, 2.45) is 11.1 Å². The fraction of sp³-hybridized carbons (Fsp3) is 1.00. The fourth-order valence-electron chi connectivity index (χ4n) is 2.08. The van der Waals surface area contributed by atoms with Crippen molar-refractivity contribution in [1.82, 2.24) is 0 Å². The highest BCUT2D eigenvalue weighted by Gasteiger charge is 2.34. The minimum Gasteiger partial charge on any atom is -0.392 e. The lowest BCUT2D eigenvalue weighted by atomic mass is 9.75. The van der Waals surface area contributed by atoms with Crippen LogP contribution in [0, 0.1) is 5.41 Å². The Morgan fingerprint density at radius 3 is 2.53 bits per heavy atom. The Hall–Kier alpha value is 0.270. The summed E-state index contributed by atoms with van der Waals surface area (Å²) in [7, 11) is 0. The van der Waals surface area contributed by atoms with Crippen molar-refractivity contribution < 1.29 is 5.11 Å². The van der Waals surface area contributed by atoms with Crippen molar-refractivity contribution in [3.8, 4) is 0 Å². The molecule has 0 radical (unpaired) electrons. The molecule has 0 spiro atoms. The van der Waals surface area contributed by atoms with Gasteiger partial charge < -0.3 is 10.8 Å². The van der Waals surface area contributed by atoms with Crippen LogP contribution in [-0.4, -0.2) is 27.8 Å². The largest absolute Gasteiger partial charge is 0.392 e. The lowest BCUT2D eigenvalue weighted by Crippen LogP contribution is -2.42. The molecule has 1 aliphatic rings. The van der Waals surface area contributed by atoms with Crippen molar-refractivity contribution in [2.45, 2.75) is 69.6 Å². The molecule has 4 atom stereocenters. The molecule has 3 N–H and O–H groups in total. The predicted molar refractivity (Wildman–Crippen MR) is 68.1 cm³/mol. The topological polar surface area (TPSA) is 46.2 Å². The molecule has 0 saturated heterocycles. The van der Waals surface area contributed by atoms with E-state index in [4.69, 9.17) is 5.73 Å². The quantitative estimate of drug-likeness (QED) is 0.784. The van der Waals surface area contributed by atoms with Gasteiger partial charge in [0, 0.05) is 16.5 Å². The SMILES string of the molecule is CC(O)C(C)SC1CC(C)(C)CCC1N. The molecule has 0 bridgehead atoms. The van der Waals surface area contributed by atoms with Crippen LogP contribution in [0.15, 0.2) is 0 Å². The maximum atomic E-state index is 9.51. The average molecular weight is 231 g/mol. The maximum absolute atomic E-state index is 9.51. The Bertz CT molecular complexity index is 206. The molecular weight excluding hydrogens is 206 g/mol. The Balaban J connectivity index is 2.52. The first-order chi connectivity index (χ1) is 6.82. The third kappa shape index (κ3) is 3.97. The smallest absolute Gasteiger partial charge is 0.0628 e. The summed E-state index contributed by atoms with van der Waals surface area (Å²) < 4.78 is 0. The number of thioether (sulfide) groups is 1. The highest BCUT2D eigenvalue weighted by molar-refractivity contribution is 8.00. The number of hydrogen-bond donors (Lipinski definition) is 2. The molecule has 4 unspecified atom stereocenters. The van der Waals surface area contributed by atoms with E-state index < -0.39 is 0 Å². The summed E-state index contributed by atoms with van der Waals surface area (Å²) in [5.74, 6) is 0. The van der Waals surface area contributed by atoms with Gasteiger partial charge in [0.05, 0.1) is 6.10 Å². The summed E-state index contributed by atoms with van der Waals surface area (Å²) in [6.45, 7) is 8.58. The fourth-order valence-corrected chi connectivity index (χ4v) is 3.74. The van der Waals surface area contributed by atoms with Gasteiger partial charge >= 0.3 is 0 Å². The molecule has 0 heterocycles. The highest BCUT2D eigenvalue weighted by atomic mass is 32.2. The van der Waals surface area contributed by atoms with Gasteiger partial charge in [0.25, 0.3) is 0 Å². The summed E-state index contributed by atoms with van der Waals surface area (Å²) in [5, 5.41) is 10.3. The van der Waals surface area contributed by atoms with E-state index in [0.717, 1.165) is 6.42 Å². The first-order valence-corrected chi connectivity index (χ1v) is 6.85. The van der Waals surface area contributed by atoms with Crippen molar-refractivity contribution in [3.05, 3.63) is 0 Å². The number of aliphatic hydroxyl groups is 1. The van der Waals surface area contributed by atoms with Crippen LogP contribution in [0.5, 0.6) is 0 Å². The Labute approximate surface area is 98.0 Å². The van der Waals surface area contributed by atoms with Crippen molar-refractivity contribution in [3.63, 3.8) is 0 Å². The molecule has 0 aromatic rings. The summed E-state index contributed by atoms with van der Waals surface area (Å²) in [4.78, 5) is 0. The molecule has 90 valence electrons. The van der Waals surface area contributed by atoms with E-state index in [1.807, 2.05) is 18.7 Å². The molecule has 0 amide bonds. The second-order valence-corrected chi connectivity index (χ2v) is 7.31. The van der Waals surface area contributed by atoms with Gasteiger partial charge in [0.1, 0.15) is 0 Å². The van der Waals surface area contributed by atoms with Gasteiger partial charge in [-0.15, -0.1) is 0 Å². The summed E-state index contributed by atoms with van der Waals surface area (Å²) in [6, 6.07) is 0.309. The summed E-state index contributed by atoms with van der Waals surface area (Å²) >= 11 is 1.86. The zero-order valence-electron chi connectivity index (χ0n) is 10.4. The van der Waals surface area contributed by atoms with E-state index in [1.165, 1.54) is 12.8 Å².